The highest BCUT2D eigenvalue weighted by molar-refractivity contribution is 7.92. The van der Waals surface area contributed by atoms with E-state index in [4.69, 9.17) is 0 Å². The van der Waals surface area contributed by atoms with Crippen LogP contribution in [0.25, 0.3) is 11.0 Å². The van der Waals surface area contributed by atoms with Gasteiger partial charge in [0.1, 0.15) is 6.54 Å². The molecule has 0 unspecified atom stereocenters. The number of rotatable bonds is 5. The molecule has 0 bridgehead atoms. The Morgan fingerprint density at radius 1 is 1.00 bits per heavy atom. The van der Waals surface area contributed by atoms with Crippen molar-refractivity contribution in [1.82, 2.24) is 15.3 Å². The summed E-state index contributed by atoms with van der Waals surface area (Å²) >= 11 is 0. The second-order valence-corrected chi connectivity index (χ2v) is 7.45. The van der Waals surface area contributed by atoms with Crippen LogP contribution < -0.4 is 15.7 Å². The molecule has 3 rings (SSSR count). The number of benzene rings is 2. The number of aromatic amines is 2. The number of hydrogen-bond donors (Lipinski definition) is 4. The molecule has 0 aliphatic carbocycles. The van der Waals surface area contributed by atoms with Crippen molar-refractivity contribution in [3.63, 3.8) is 0 Å². The lowest BCUT2D eigenvalue weighted by Crippen LogP contribution is -2.33. The van der Waals surface area contributed by atoms with Gasteiger partial charge in [0.05, 0.1) is 15.9 Å². The number of imidazole rings is 1. The summed E-state index contributed by atoms with van der Waals surface area (Å²) in [6.45, 7) is -1.47. The number of alkyl halides is 3. The van der Waals surface area contributed by atoms with E-state index in [-0.39, 0.29) is 16.1 Å². The fraction of sp³-hybridized carbons (Fsp3) is 0.125. The van der Waals surface area contributed by atoms with Gasteiger partial charge in [-0.2, -0.15) is 13.2 Å². The van der Waals surface area contributed by atoms with E-state index < -0.39 is 34.3 Å². The van der Waals surface area contributed by atoms with E-state index in [1.807, 2.05) is 0 Å². The lowest BCUT2D eigenvalue weighted by Gasteiger charge is -2.10. The minimum Gasteiger partial charge on any atom is -0.343 e. The first-order valence-corrected chi connectivity index (χ1v) is 9.22. The van der Waals surface area contributed by atoms with Gasteiger partial charge in [0.15, 0.2) is 0 Å². The van der Waals surface area contributed by atoms with Gasteiger partial charge in [0.25, 0.3) is 15.9 Å². The summed E-state index contributed by atoms with van der Waals surface area (Å²) in [5, 5.41) is 1.72. The number of hydrogen-bond acceptors (Lipinski definition) is 4. The standard InChI is InChI=1S/C16H13F3N4O4S/c17-16(18,19)8-20-14(24)9-1-3-10(4-2-9)23-28(26,27)11-5-6-12-13(7-11)22-15(25)21-12/h1-7,23H,8H2,(H,20,24)(H2,21,22,25). The molecule has 0 fully saturated rings. The largest absolute Gasteiger partial charge is 0.405 e. The highest BCUT2D eigenvalue weighted by Crippen LogP contribution is 2.19. The van der Waals surface area contributed by atoms with E-state index in [1.165, 1.54) is 42.5 Å². The van der Waals surface area contributed by atoms with E-state index in [1.54, 1.807) is 5.32 Å². The van der Waals surface area contributed by atoms with Crippen LogP contribution in [0.4, 0.5) is 18.9 Å². The van der Waals surface area contributed by atoms with Crippen LogP contribution in [0.2, 0.25) is 0 Å². The van der Waals surface area contributed by atoms with E-state index in [0.717, 1.165) is 0 Å². The van der Waals surface area contributed by atoms with Crippen LogP contribution in [0.5, 0.6) is 0 Å². The maximum atomic E-state index is 12.5. The van der Waals surface area contributed by atoms with Gasteiger partial charge in [-0.05, 0) is 42.5 Å². The van der Waals surface area contributed by atoms with Gasteiger partial charge in [-0.15, -0.1) is 0 Å². The number of carbonyl (C=O) groups excluding carboxylic acids is 1. The third-order valence-corrected chi connectivity index (χ3v) is 5.03. The highest BCUT2D eigenvalue weighted by Gasteiger charge is 2.27. The van der Waals surface area contributed by atoms with Crippen molar-refractivity contribution in [3.8, 4) is 0 Å². The van der Waals surface area contributed by atoms with E-state index >= 15 is 0 Å². The second-order valence-electron chi connectivity index (χ2n) is 5.77. The molecule has 0 atom stereocenters. The lowest BCUT2D eigenvalue weighted by molar-refractivity contribution is -0.123. The molecule has 148 valence electrons. The number of carbonyl (C=O) groups is 1. The Bertz CT molecular complexity index is 1180. The molecule has 0 radical (unpaired) electrons. The maximum absolute atomic E-state index is 12.5. The molecule has 1 heterocycles. The Balaban J connectivity index is 1.74. The molecule has 1 aromatic heterocycles. The quantitative estimate of drug-likeness (QED) is 0.509. The van der Waals surface area contributed by atoms with Crippen molar-refractivity contribution in [1.29, 1.82) is 0 Å². The summed E-state index contributed by atoms with van der Waals surface area (Å²) in [5.74, 6) is -0.936. The first kappa shape index (κ1) is 19.5. The monoisotopic (exact) mass is 414 g/mol. The Hall–Kier alpha value is -3.28. The van der Waals surface area contributed by atoms with Crippen LogP contribution in [0, 0.1) is 0 Å². The third-order valence-electron chi connectivity index (χ3n) is 3.65. The first-order chi connectivity index (χ1) is 13.0. The number of nitrogens with one attached hydrogen (secondary N) is 4. The Morgan fingerprint density at radius 2 is 1.64 bits per heavy atom. The number of H-pyrrole nitrogens is 2. The average Bonchev–Trinajstić information content (AvgIpc) is 2.98. The molecule has 8 nitrogen and oxygen atoms in total. The van der Waals surface area contributed by atoms with Crippen LogP contribution in [0.3, 0.4) is 0 Å². The minimum atomic E-state index is -4.53. The van der Waals surface area contributed by atoms with Gasteiger partial charge in [-0.25, -0.2) is 13.2 Å². The zero-order valence-electron chi connectivity index (χ0n) is 13.9. The van der Waals surface area contributed by atoms with Gasteiger partial charge in [-0.1, -0.05) is 0 Å². The summed E-state index contributed by atoms with van der Waals surface area (Å²) in [7, 11) is -3.99. The predicted molar refractivity (Wildman–Crippen MR) is 94.6 cm³/mol. The molecule has 0 aliphatic heterocycles. The van der Waals surface area contributed by atoms with Crippen LogP contribution in [0.1, 0.15) is 10.4 Å². The number of sulfonamides is 1. The normalized spacial score (nSPS) is 12.1. The van der Waals surface area contributed by atoms with Gasteiger partial charge in [-0.3, -0.25) is 9.52 Å². The number of amides is 1. The van der Waals surface area contributed by atoms with Crippen LogP contribution in [0.15, 0.2) is 52.2 Å². The van der Waals surface area contributed by atoms with E-state index in [9.17, 15) is 31.2 Å². The molecular formula is C16H13F3N4O4S. The van der Waals surface area contributed by atoms with Crippen LogP contribution in [-0.4, -0.2) is 37.0 Å². The Labute approximate surface area is 155 Å². The number of halogens is 3. The number of aromatic nitrogens is 2. The summed E-state index contributed by atoms with van der Waals surface area (Å²) in [6, 6.07) is 8.87. The summed E-state index contributed by atoms with van der Waals surface area (Å²) in [6.07, 6.45) is -4.53. The molecule has 0 saturated heterocycles. The van der Waals surface area contributed by atoms with Crippen molar-refractivity contribution in [3.05, 3.63) is 58.5 Å². The van der Waals surface area contributed by atoms with Crippen molar-refractivity contribution in [2.24, 2.45) is 0 Å². The summed E-state index contributed by atoms with van der Waals surface area (Å²) < 4.78 is 63.6. The van der Waals surface area contributed by atoms with Gasteiger partial charge < -0.3 is 15.3 Å². The van der Waals surface area contributed by atoms with Crippen molar-refractivity contribution in [2.75, 3.05) is 11.3 Å². The molecule has 0 spiro atoms. The molecule has 0 saturated carbocycles. The van der Waals surface area contributed by atoms with Crippen molar-refractivity contribution in [2.45, 2.75) is 11.1 Å². The average molecular weight is 414 g/mol. The summed E-state index contributed by atoms with van der Waals surface area (Å²) in [5.41, 5.74) is 0.327. The predicted octanol–water partition coefficient (Wildman–Crippen LogP) is 1.95. The Kier molecular flexibility index (Phi) is 4.89. The summed E-state index contributed by atoms with van der Waals surface area (Å²) in [4.78, 5) is 27.7. The lowest BCUT2D eigenvalue weighted by atomic mass is 10.2. The zero-order valence-corrected chi connectivity index (χ0v) is 14.7. The van der Waals surface area contributed by atoms with Gasteiger partial charge in [0, 0.05) is 11.3 Å². The van der Waals surface area contributed by atoms with Gasteiger partial charge in [0.2, 0.25) is 0 Å². The molecule has 3 aromatic rings. The minimum absolute atomic E-state index is 0.0569. The van der Waals surface area contributed by atoms with E-state index in [0.29, 0.717) is 11.0 Å². The first-order valence-electron chi connectivity index (χ1n) is 7.73. The molecular weight excluding hydrogens is 401 g/mol. The van der Waals surface area contributed by atoms with Crippen LogP contribution >= 0.6 is 0 Å². The maximum Gasteiger partial charge on any atom is 0.405 e. The Morgan fingerprint density at radius 3 is 2.29 bits per heavy atom. The molecule has 28 heavy (non-hydrogen) atoms. The SMILES string of the molecule is O=C(NCC(F)(F)F)c1ccc(NS(=O)(=O)c2ccc3[nH]c(=O)[nH]c3c2)cc1. The molecule has 2 aromatic carbocycles. The zero-order chi connectivity index (χ0) is 20.5. The fourth-order valence-corrected chi connectivity index (χ4v) is 3.45. The smallest absolute Gasteiger partial charge is 0.343 e. The fourth-order valence-electron chi connectivity index (χ4n) is 2.37. The highest BCUT2D eigenvalue weighted by atomic mass is 32.2. The number of anilines is 1. The molecule has 4 N–H and O–H groups in total. The molecule has 1 amide bonds. The van der Waals surface area contributed by atoms with Crippen molar-refractivity contribution < 1.29 is 26.4 Å². The van der Waals surface area contributed by atoms with Crippen LogP contribution in [-0.2, 0) is 10.0 Å². The van der Waals surface area contributed by atoms with Crippen molar-refractivity contribution >= 4 is 32.7 Å². The second kappa shape index (κ2) is 7.03. The van der Waals surface area contributed by atoms with E-state index in [2.05, 4.69) is 14.7 Å². The topological polar surface area (TPSA) is 124 Å². The molecule has 0 aliphatic rings. The molecule has 12 heteroatoms. The third kappa shape index (κ3) is 4.52. The number of fused-ring (bicyclic) bond motifs is 1. The van der Waals surface area contributed by atoms with Gasteiger partial charge >= 0.3 is 11.9 Å².